The monoisotopic (exact) mass is 354 g/mol. The average Bonchev–Trinajstić information content (AvgIpc) is 2.53. The number of aryl methyl sites for hydroxylation is 1. The van der Waals surface area contributed by atoms with Gasteiger partial charge in [-0.1, -0.05) is 29.3 Å². The first kappa shape index (κ1) is 17.1. The molecule has 0 bridgehead atoms. The second kappa shape index (κ2) is 7.30. The lowest BCUT2D eigenvalue weighted by Crippen LogP contribution is -2.24. The standard InChI is InChI=1S/C15H12Cl2N2O4/c1-8-4-5-10(16)13(12(8)17)19-11(20)7-23-15(22)9-3-2-6-18-14(9)21/h2-6H,7H2,1H3,(H,18,21)(H,19,20). The van der Waals surface area contributed by atoms with Crippen LogP contribution in [0.4, 0.5) is 5.69 Å². The lowest BCUT2D eigenvalue weighted by atomic mass is 10.2. The number of rotatable bonds is 4. The van der Waals surface area contributed by atoms with Crippen LogP contribution in [0.15, 0.2) is 35.3 Å². The predicted molar refractivity (Wildman–Crippen MR) is 87.2 cm³/mol. The molecule has 0 saturated carbocycles. The topological polar surface area (TPSA) is 88.3 Å². The number of pyridine rings is 1. The van der Waals surface area contributed by atoms with Crippen molar-refractivity contribution in [2.24, 2.45) is 0 Å². The van der Waals surface area contributed by atoms with E-state index < -0.39 is 24.0 Å². The summed E-state index contributed by atoms with van der Waals surface area (Å²) in [6, 6.07) is 6.08. The van der Waals surface area contributed by atoms with E-state index in [2.05, 4.69) is 10.3 Å². The molecule has 0 saturated heterocycles. The molecule has 0 atom stereocenters. The number of carbonyl (C=O) groups is 2. The third-order valence-corrected chi connectivity index (χ3v) is 3.72. The third kappa shape index (κ3) is 4.12. The molecule has 8 heteroatoms. The van der Waals surface area contributed by atoms with Crippen LogP contribution in [0.1, 0.15) is 15.9 Å². The Balaban J connectivity index is 2.02. The number of hydrogen-bond donors (Lipinski definition) is 2. The highest BCUT2D eigenvalue weighted by molar-refractivity contribution is 6.40. The van der Waals surface area contributed by atoms with Crippen LogP contribution in [0, 0.1) is 6.92 Å². The third-order valence-electron chi connectivity index (χ3n) is 2.92. The van der Waals surface area contributed by atoms with Crippen molar-refractivity contribution in [1.29, 1.82) is 0 Å². The van der Waals surface area contributed by atoms with Gasteiger partial charge in [-0.2, -0.15) is 0 Å². The van der Waals surface area contributed by atoms with Crippen molar-refractivity contribution in [1.82, 2.24) is 4.98 Å². The molecule has 2 aromatic rings. The molecule has 23 heavy (non-hydrogen) atoms. The van der Waals surface area contributed by atoms with E-state index >= 15 is 0 Å². The van der Waals surface area contributed by atoms with Crippen LogP contribution in [0.2, 0.25) is 10.0 Å². The largest absolute Gasteiger partial charge is 0.452 e. The molecule has 0 spiro atoms. The van der Waals surface area contributed by atoms with E-state index in [9.17, 15) is 14.4 Å². The molecule has 0 aliphatic heterocycles. The fourth-order valence-electron chi connectivity index (χ4n) is 1.74. The van der Waals surface area contributed by atoms with E-state index in [4.69, 9.17) is 27.9 Å². The number of nitrogens with one attached hydrogen (secondary N) is 2. The summed E-state index contributed by atoms with van der Waals surface area (Å²) in [6.45, 7) is 1.18. The first-order valence-electron chi connectivity index (χ1n) is 6.49. The molecule has 6 nitrogen and oxygen atoms in total. The molecular weight excluding hydrogens is 343 g/mol. The predicted octanol–water partition coefficient (Wildman–Crippen LogP) is 2.79. The molecule has 0 radical (unpaired) electrons. The van der Waals surface area contributed by atoms with Crippen LogP contribution in [0.25, 0.3) is 0 Å². The zero-order valence-corrected chi connectivity index (χ0v) is 13.5. The highest BCUT2D eigenvalue weighted by Crippen LogP contribution is 2.32. The maximum Gasteiger partial charge on any atom is 0.344 e. The highest BCUT2D eigenvalue weighted by Gasteiger charge is 2.15. The van der Waals surface area contributed by atoms with Crippen molar-refractivity contribution < 1.29 is 14.3 Å². The number of carbonyl (C=O) groups excluding carboxylic acids is 2. The molecule has 0 aliphatic rings. The number of hydrogen-bond acceptors (Lipinski definition) is 4. The van der Waals surface area contributed by atoms with E-state index in [0.717, 1.165) is 5.56 Å². The highest BCUT2D eigenvalue weighted by atomic mass is 35.5. The molecule has 1 amide bonds. The Morgan fingerprint density at radius 1 is 1.26 bits per heavy atom. The van der Waals surface area contributed by atoms with Gasteiger partial charge in [-0.15, -0.1) is 0 Å². The maximum atomic E-state index is 11.9. The Morgan fingerprint density at radius 2 is 2.00 bits per heavy atom. The fraction of sp³-hybridized carbons (Fsp3) is 0.133. The van der Waals surface area contributed by atoms with E-state index in [-0.39, 0.29) is 16.3 Å². The number of aromatic nitrogens is 1. The van der Waals surface area contributed by atoms with Crippen LogP contribution in [-0.2, 0) is 9.53 Å². The Bertz CT molecular complexity index is 817. The van der Waals surface area contributed by atoms with Gasteiger partial charge in [-0.25, -0.2) is 4.79 Å². The molecule has 0 aliphatic carbocycles. The minimum absolute atomic E-state index is 0.188. The molecule has 0 fully saturated rings. The summed E-state index contributed by atoms with van der Waals surface area (Å²) in [6.07, 6.45) is 1.38. The number of ether oxygens (including phenoxy) is 1. The number of esters is 1. The molecule has 120 valence electrons. The number of anilines is 1. The van der Waals surface area contributed by atoms with Crippen LogP contribution in [0.5, 0.6) is 0 Å². The quantitative estimate of drug-likeness (QED) is 0.826. The van der Waals surface area contributed by atoms with Crippen molar-refractivity contribution >= 4 is 40.8 Å². The van der Waals surface area contributed by atoms with Gasteiger partial charge in [0.1, 0.15) is 5.56 Å². The molecular formula is C15H12Cl2N2O4. The minimum atomic E-state index is -0.900. The van der Waals surface area contributed by atoms with E-state index in [0.29, 0.717) is 5.02 Å². The first-order chi connectivity index (χ1) is 10.9. The lowest BCUT2D eigenvalue weighted by molar-refractivity contribution is -0.119. The van der Waals surface area contributed by atoms with Gasteiger partial charge >= 0.3 is 5.97 Å². The summed E-state index contributed by atoms with van der Waals surface area (Å²) in [4.78, 5) is 37.4. The van der Waals surface area contributed by atoms with Gasteiger partial charge < -0.3 is 15.0 Å². The summed E-state index contributed by atoms with van der Waals surface area (Å²) >= 11 is 12.0. The second-order valence-electron chi connectivity index (χ2n) is 4.59. The van der Waals surface area contributed by atoms with Crippen LogP contribution >= 0.6 is 23.2 Å². The second-order valence-corrected chi connectivity index (χ2v) is 5.38. The lowest BCUT2D eigenvalue weighted by Gasteiger charge is -2.11. The van der Waals surface area contributed by atoms with Crippen LogP contribution < -0.4 is 10.9 Å². The Labute approximate surface area is 141 Å². The van der Waals surface area contributed by atoms with Gasteiger partial charge in [0.2, 0.25) is 0 Å². The molecule has 1 heterocycles. The van der Waals surface area contributed by atoms with Crippen LogP contribution in [0.3, 0.4) is 0 Å². The Kier molecular flexibility index (Phi) is 5.41. The molecule has 2 N–H and O–H groups in total. The normalized spacial score (nSPS) is 10.2. The molecule has 1 aromatic heterocycles. The Hall–Kier alpha value is -2.31. The van der Waals surface area contributed by atoms with Crippen molar-refractivity contribution in [3.63, 3.8) is 0 Å². The number of halogens is 2. The van der Waals surface area contributed by atoms with Crippen molar-refractivity contribution in [2.75, 3.05) is 11.9 Å². The summed E-state index contributed by atoms with van der Waals surface area (Å²) in [5.74, 6) is -1.52. The van der Waals surface area contributed by atoms with Crippen molar-refractivity contribution in [3.05, 3.63) is 62.0 Å². The van der Waals surface area contributed by atoms with Crippen molar-refractivity contribution in [2.45, 2.75) is 6.92 Å². The van der Waals surface area contributed by atoms with Gasteiger partial charge in [0.15, 0.2) is 6.61 Å². The summed E-state index contributed by atoms with van der Waals surface area (Å²) in [5, 5.41) is 3.04. The molecule has 2 rings (SSSR count). The number of benzene rings is 1. The van der Waals surface area contributed by atoms with Crippen molar-refractivity contribution in [3.8, 4) is 0 Å². The Morgan fingerprint density at radius 3 is 2.70 bits per heavy atom. The fourth-order valence-corrected chi connectivity index (χ4v) is 2.20. The van der Waals surface area contributed by atoms with E-state index in [1.54, 1.807) is 19.1 Å². The minimum Gasteiger partial charge on any atom is -0.452 e. The van der Waals surface area contributed by atoms with E-state index in [1.807, 2.05) is 0 Å². The van der Waals surface area contributed by atoms with Gasteiger partial charge in [0.05, 0.1) is 15.7 Å². The van der Waals surface area contributed by atoms with Gasteiger partial charge in [0.25, 0.3) is 11.5 Å². The van der Waals surface area contributed by atoms with Gasteiger partial charge in [0, 0.05) is 6.20 Å². The van der Waals surface area contributed by atoms with Gasteiger partial charge in [-0.05, 0) is 30.7 Å². The van der Waals surface area contributed by atoms with E-state index in [1.165, 1.54) is 18.3 Å². The SMILES string of the molecule is Cc1ccc(Cl)c(NC(=O)COC(=O)c2ccc[nH]c2=O)c1Cl. The zero-order chi connectivity index (χ0) is 17.0. The number of H-pyrrole nitrogens is 1. The average molecular weight is 355 g/mol. The number of aromatic amines is 1. The molecule has 1 aromatic carbocycles. The summed E-state index contributed by atoms with van der Waals surface area (Å²) in [7, 11) is 0. The van der Waals surface area contributed by atoms with Gasteiger partial charge in [-0.3, -0.25) is 9.59 Å². The van der Waals surface area contributed by atoms with Crippen LogP contribution in [-0.4, -0.2) is 23.5 Å². The smallest absolute Gasteiger partial charge is 0.344 e. The molecule has 0 unspecified atom stereocenters. The summed E-state index contributed by atoms with van der Waals surface area (Å²) < 4.78 is 4.80. The maximum absolute atomic E-state index is 11.9. The zero-order valence-electron chi connectivity index (χ0n) is 12.0. The number of amides is 1. The first-order valence-corrected chi connectivity index (χ1v) is 7.25. The summed E-state index contributed by atoms with van der Waals surface area (Å²) in [5.41, 5.74) is 0.195.